The molecule has 0 fully saturated rings. The topological polar surface area (TPSA) is 94.1 Å². The van der Waals surface area contributed by atoms with Crippen LogP contribution < -0.4 is 11.1 Å². The number of pyridine rings is 1. The van der Waals surface area contributed by atoms with E-state index < -0.39 is 17.1 Å². The summed E-state index contributed by atoms with van der Waals surface area (Å²) in [6.45, 7) is -0.350. The molecule has 2 heterocycles. The van der Waals surface area contributed by atoms with Crippen LogP contribution in [0, 0.1) is 0 Å². The first kappa shape index (κ1) is 16.7. The summed E-state index contributed by atoms with van der Waals surface area (Å²) in [4.78, 5) is 41.0. The summed E-state index contributed by atoms with van der Waals surface area (Å²) in [5, 5.41) is 3.90. The Hall–Kier alpha value is -3.74. The molecule has 0 aliphatic carbocycles. The number of nitrogens with zero attached hydrogens (tertiary/aromatic N) is 2. The lowest BCUT2D eigenvalue weighted by molar-refractivity contribution is -0.145. The molecule has 7 heteroatoms. The Balaban J connectivity index is 1.55. The van der Waals surface area contributed by atoms with E-state index in [1.165, 1.54) is 0 Å². The number of benzene rings is 2. The SMILES string of the molecule is O=C(Cn1[nH]c(=O)c2ccccc2c1=O)OCc1cccc2cccnc12. The Labute approximate surface area is 152 Å². The predicted molar refractivity (Wildman–Crippen MR) is 100 cm³/mol. The summed E-state index contributed by atoms with van der Waals surface area (Å²) in [5.41, 5.74) is 0.634. The van der Waals surface area contributed by atoms with Crippen molar-refractivity contribution in [3.63, 3.8) is 0 Å². The molecule has 0 aliphatic heterocycles. The van der Waals surface area contributed by atoms with Crippen molar-refractivity contribution in [1.29, 1.82) is 0 Å². The van der Waals surface area contributed by atoms with Gasteiger partial charge in [-0.1, -0.05) is 36.4 Å². The number of fused-ring (bicyclic) bond motifs is 2. The minimum Gasteiger partial charge on any atom is -0.459 e. The van der Waals surface area contributed by atoms with Gasteiger partial charge < -0.3 is 4.74 Å². The second-order valence-corrected chi connectivity index (χ2v) is 6.03. The molecule has 1 N–H and O–H groups in total. The molecule has 4 aromatic rings. The van der Waals surface area contributed by atoms with Gasteiger partial charge in [-0.3, -0.25) is 24.5 Å². The number of hydrogen-bond donors (Lipinski definition) is 1. The van der Waals surface area contributed by atoms with Crippen molar-refractivity contribution >= 4 is 27.6 Å². The monoisotopic (exact) mass is 361 g/mol. The molecule has 0 aliphatic rings. The molecule has 134 valence electrons. The highest BCUT2D eigenvalue weighted by Gasteiger charge is 2.12. The van der Waals surface area contributed by atoms with Crippen LogP contribution in [-0.4, -0.2) is 20.7 Å². The summed E-state index contributed by atoms with van der Waals surface area (Å²) in [6.07, 6.45) is 1.67. The maximum atomic E-state index is 12.4. The first-order valence-corrected chi connectivity index (χ1v) is 8.33. The van der Waals surface area contributed by atoms with Crippen LogP contribution in [0.25, 0.3) is 21.7 Å². The van der Waals surface area contributed by atoms with Gasteiger partial charge in [0.05, 0.1) is 16.3 Å². The number of nitrogens with one attached hydrogen (secondary N) is 1. The predicted octanol–water partition coefficient (Wildman–Crippen LogP) is 1.98. The standard InChI is InChI=1S/C20H15N3O4/c24-17(27-12-14-6-3-5-13-7-4-10-21-18(13)14)11-23-20(26)16-9-2-1-8-15(16)19(25)22-23/h1-10H,11-12H2,(H,22,25). The van der Waals surface area contributed by atoms with E-state index in [1.807, 2.05) is 30.3 Å². The van der Waals surface area contributed by atoms with E-state index >= 15 is 0 Å². The molecular formula is C20H15N3O4. The smallest absolute Gasteiger partial charge is 0.328 e. The van der Waals surface area contributed by atoms with Crippen LogP contribution in [0.3, 0.4) is 0 Å². The largest absolute Gasteiger partial charge is 0.459 e. The van der Waals surface area contributed by atoms with Gasteiger partial charge in [-0.25, -0.2) is 4.68 Å². The number of hydrogen-bond acceptors (Lipinski definition) is 5. The van der Waals surface area contributed by atoms with Crippen molar-refractivity contribution < 1.29 is 9.53 Å². The number of aromatic nitrogens is 3. The fraction of sp³-hybridized carbons (Fsp3) is 0.100. The van der Waals surface area contributed by atoms with Crippen LogP contribution in [0.5, 0.6) is 0 Å². The van der Waals surface area contributed by atoms with Gasteiger partial charge in [-0.05, 0) is 18.2 Å². The summed E-state index contributed by atoms with van der Waals surface area (Å²) in [6, 6.07) is 15.8. The van der Waals surface area contributed by atoms with Gasteiger partial charge in [0.2, 0.25) is 0 Å². The van der Waals surface area contributed by atoms with Crippen molar-refractivity contribution in [2.45, 2.75) is 13.2 Å². The number of aromatic amines is 1. The van der Waals surface area contributed by atoms with E-state index in [0.717, 1.165) is 21.1 Å². The number of ether oxygens (including phenoxy) is 1. The first-order chi connectivity index (χ1) is 13.1. The minimum atomic E-state index is -0.629. The summed E-state index contributed by atoms with van der Waals surface area (Å²) in [5.74, 6) is -0.629. The molecular weight excluding hydrogens is 346 g/mol. The Kier molecular flexibility index (Phi) is 4.25. The summed E-state index contributed by atoms with van der Waals surface area (Å²) in [7, 11) is 0. The normalized spacial score (nSPS) is 11.0. The van der Waals surface area contributed by atoms with Crippen LogP contribution >= 0.6 is 0 Å². The Morgan fingerprint density at radius 3 is 2.63 bits per heavy atom. The van der Waals surface area contributed by atoms with Crippen LogP contribution in [0.1, 0.15) is 5.56 Å². The van der Waals surface area contributed by atoms with E-state index in [9.17, 15) is 14.4 Å². The van der Waals surface area contributed by atoms with Crippen LogP contribution in [0.15, 0.2) is 70.4 Å². The molecule has 0 amide bonds. The van der Waals surface area contributed by atoms with Crippen molar-refractivity contribution in [1.82, 2.24) is 14.8 Å². The third-order valence-corrected chi connectivity index (χ3v) is 4.28. The van der Waals surface area contributed by atoms with E-state index in [0.29, 0.717) is 0 Å². The number of para-hydroxylation sites is 1. The quantitative estimate of drug-likeness (QED) is 0.561. The second kappa shape index (κ2) is 6.87. The first-order valence-electron chi connectivity index (χ1n) is 8.33. The number of carbonyl (C=O) groups excluding carboxylic acids is 1. The third-order valence-electron chi connectivity index (χ3n) is 4.28. The molecule has 0 bridgehead atoms. The molecule has 0 unspecified atom stereocenters. The maximum Gasteiger partial charge on any atom is 0.328 e. The zero-order valence-corrected chi connectivity index (χ0v) is 14.2. The lowest BCUT2D eigenvalue weighted by atomic mass is 10.1. The molecule has 7 nitrogen and oxygen atoms in total. The maximum absolute atomic E-state index is 12.4. The van der Waals surface area contributed by atoms with E-state index in [4.69, 9.17) is 4.74 Å². The van der Waals surface area contributed by atoms with Gasteiger partial charge in [0.15, 0.2) is 0 Å². The molecule has 0 radical (unpaired) electrons. The Bertz CT molecular complexity index is 1270. The average molecular weight is 361 g/mol. The van der Waals surface area contributed by atoms with Gasteiger partial charge in [0, 0.05) is 17.1 Å². The lowest BCUT2D eigenvalue weighted by Gasteiger charge is -2.09. The Morgan fingerprint density at radius 2 is 1.78 bits per heavy atom. The molecule has 4 rings (SSSR count). The van der Waals surface area contributed by atoms with Gasteiger partial charge in [0.25, 0.3) is 11.1 Å². The van der Waals surface area contributed by atoms with Crippen LogP contribution in [-0.2, 0) is 22.7 Å². The summed E-state index contributed by atoms with van der Waals surface area (Å²) >= 11 is 0. The van der Waals surface area contributed by atoms with E-state index in [1.54, 1.807) is 30.5 Å². The van der Waals surface area contributed by atoms with Gasteiger partial charge in [-0.15, -0.1) is 0 Å². The zero-order valence-electron chi connectivity index (χ0n) is 14.2. The van der Waals surface area contributed by atoms with Gasteiger partial charge in [-0.2, -0.15) is 0 Å². The number of esters is 1. The summed E-state index contributed by atoms with van der Waals surface area (Å²) < 4.78 is 6.25. The highest BCUT2D eigenvalue weighted by molar-refractivity contribution is 5.82. The zero-order chi connectivity index (χ0) is 18.8. The van der Waals surface area contributed by atoms with Crippen LogP contribution in [0.4, 0.5) is 0 Å². The van der Waals surface area contributed by atoms with Crippen molar-refractivity contribution in [3.05, 3.63) is 87.1 Å². The molecule has 0 spiro atoms. The van der Waals surface area contributed by atoms with Crippen molar-refractivity contribution in [2.24, 2.45) is 0 Å². The van der Waals surface area contributed by atoms with Crippen molar-refractivity contribution in [2.75, 3.05) is 0 Å². The Morgan fingerprint density at radius 1 is 1.00 bits per heavy atom. The minimum absolute atomic E-state index is 0.0275. The van der Waals surface area contributed by atoms with Gasteiger partial charge in [0.1, 0.15) is 13.2 Å². The van der Waals surface area contributed by atoms with E-state index in [2.05, 4.69) is 10.1 Å². The number of H-pyrrole nitrogens is 1. The molecule has 0 atom stereocenters. The second-order valence-electron chi connectivity index (χ2n) is 6.03. The van der Waals surface area contributed by atoms with Crippen molar-refractivity contribution in [3.8, 4) is 0 Å². The fourth-order valence-electron chi connectivity index (χ4n) is 2.97. The molecule has 2 aromatic carbocycles. The molecule has 27 heavy (non-hydrogen) atoms. The molecule has 2 aromatic heterocycles. The highest BCUT2D eigenvalue weighted by Crippen LogP contribution is 2.16. The highest BCUT2D eigenvalue weighted by atomic mass is 16.5. The van der Waals surface area contributed by atoms with Crippen LogP contribution in [0.2, 0.25) is 0 Å². The number of carbonyl (C=O) groups is 1. The molecule has 0 saturated carbocycles. The lowest BCUT2D eigenvalue weighted by Crippen LogP contribution is -2.32. The fourth-order valence-corrected chi connectivity index (χ4v) is 2.97. The van der Waals surface area contributed by atoms with Gasteiger partial charge >= 0.3 is 5.97 Å². The van der Waals surface area contributed by atoms with E-state index in [-0.39, 0.29) is 23.9 Å². The molecule has 0 saturated heterocycles. The average Bonchev–Trinajstić information content (AvgIpc) is 2.70. The third kappa shape index (κ3) is 3.22. The number of rotatable bonds is 4.